The van der Waals surface area contributed by atoms with Gasteiger partial charge in [0, 0.05) is 43.7 Å². The van der Waals surface area contributed by atoms with E-state index in [1.54, 1.807) is 12.1 Å². The fraction of sp³-hybridized carbons (Fsp3) is 0.346. The molecule has 2 aromatic carbocycles. The number of nitrogens with zero attached hydrogens (tertiary/aromatic N) is 1. The van der Waals surface area contributed by atoms with Gasteiger partial charge >= 0.3 is 0 Å². The molecule has 6 heteroatoms. The normalized spacial score (nSPS) is 19.0. The Kier molecular flexibility index (Phi) is 6.29. The summed E-state index contributed by atoms with van der Waals surface area (Å²) in [6.07, 6.45) is 5.66. The summed E-state index contributed by atoms with van der Waals surface area (Å²) in [6.45, 7) is 6.16. The number of ketones is 1. The van der Waals surface area contributed by atoms with E-state index >= 15 is 0 Å². The van der Waals surface area contributed by atoms with Crippen LogP contribution in [0.3, 0.4) is 0 Å². The molecule has 1 unspecified atom stereocenters. The highest BCUT2D eigenvalue weighted by Gasteiger charge is 2.57. The minimum Gasteiger partial charge on any atom is -0.493 e. The molecule has 0 aromatic heterocycles. The van der Waals surface area contributed by atoms with Crippen molar-refractivity contribution in [1.29, 1.82) is 0 Å². The van der Waals surface area contributed by atoms with Crippen molar-refractivity contribution >= 4 is 5.78 Å². The lowest BCUT2D eigenvalue weighted by molar-refractivity contribution is 0.0848. The highest BCUT2D eigenvalue weighted by atomic mass is 19.3. The molecular formula is C26H26F2N2O2. The van der Waals surface area contributed by atoms with E-state index in [0.29, 0.717) is 43.9 Å². The molecule has 1 atom stereocenters. The molecule has 0 radical (unpaired) electrons. The molecule has 166 valence electrons. The summed E-state index contributed by atoms with van der Waals surface area (Å²) in [5.74, 6) is -0.267. The Labute approximate surface area is 187 Å². The van der Waals surface area contributed by atoms with Gasteiger partial charge in [0.25, 0.3) is 5.92 Å². The van der Waals surface area contributed by atoms with Gasteiger partial charge in [-0.2, -0.15) is 0 Å². The number of hydrogen-bond acceptors (Lipinski definition) is 4. The van der Waals surface area contributed by atoms with Crippen molar-refractivity contribution in [1.82, 2.24) is 10.2 Å². The number of Topliss-reactive ketones (excluding diaryl/α,β-unsaturated/α-hetero) is 1. The topological polar surface area (TPSA) is 41.6 Å². The predicted octanol–water partition coefficient (Wildman–Crippen LogP) is 4.55. The number of nitrogens with one attached hydrogen (secondary N) is 1. The molecular weight excluding hydrogens is 410 g/mol. The Bertz CT molecular complexity index is 1060. The summed E-state index contributed by atoms with van der Waals surface area (Å²) in [7, 11) is 0. The highest BCUT2D eigenvalue weighted by Crippen LogP contribution is 2.48. The van der Waals surface area contributed by atoms with Crippen molar-refractivity contribution in [3.63, 3.8) is 0 Å². The molecule has 1 aliphatic heterocycles. The number of halogens is 2. The lowest BCUT2D eigenvalue weighted by atomic mass is 9.97. The summed E-state index contributed by atoms with van der Waals surface area (Å²) in [6, 6.07) is 13.5. The zero-order chi connectivity index (χ0) is 22.7. The molecule has 1 heterocycles. The number of ether oxygens (including phenoxy) is 1. The second-order valence-electron chi connectivity index (χ2n) is 8.51. The quantitative estimate of drug-likeness (QED) is 0.586. The van der Waals surface area contributed by atoms with Crippen LogP contribution in [0, 0.1) is 18.3 Å². The van der Waals surface area contributed by atoms with E-state index in [-0.39, 0.29) is 18.8 Å². The van der Waals surface area contributed by atoms with Crippen molar-refractivity contribution in [3.8, 4) is 18.1 Å². The second-order valence-corrected chi connectivity index (χ2v) is 8.51. The standard InChI is InChI=1S/C26H26F2N2O2/c1-3-4-18(2)29-13-19-5-7-20(8-6-19)14-30-15-21-9-10-23(11-24(21)25(31)16-30)32-17-22-12-26(22,27)28/h1,5-11,22,29H,2,4,12-17H2. The molecule has 0 amide bonds. The zero-order valence-corrected chi connectivity index (χ0v) is 17.9. The van der Waals surface area contributed by atoms with Crippen LogP contribution in [0.15, 0.2) is 54.7 Å². The summed E-state index contributed by atoms with van der Waals surface area (Å²) >= 11 is 0. The molecule has 1 N–H and O–H groups in total. The maximum Gasteiger partial charge on any atom is 0.255 e. The fourth-order valence-electron chi connectivity index (χ4n) is 3.82. The number of benzene rings is 2. The van der Waals surface area contributed by atoms with E-state index in [2.05, 4.69) is 47.0 Å². The zero-order valence-electron chi connectivity index (χ0n) is 17.9. The first kappa shape index (κ1) is 22.0. The number of carbonyl (C=O) groups is 1. The molecule has 1 saturated carbocycles. The van der Waals surface area contributed by atoms with Crippen molar-refractivity contribution in [3.05, 3.63) is 77.0 Å². The molecule has 2 aliphatic rings. The van der Waals surface area contributed by atoms with E-state index < -0.39 is 11.8 Å². The smallest absolute Gasteiger partial charge is 0.255 e. The molecule has 1 aliphatic carbocycles. The third-order valence-corrected chi connectivity index (χ3v) is 5.84. The van der Waals surface area contributed by atoms with Crippen molar-refractivity contribution in [2.45, 2.75) is 38.4 Å². The van der Waals surface area contributed by atoms with Crippen LogP contribution in [0.5, 0.6) is 5.75 Å². The number of fused-ring (bicyclic) bond motifs is 1. The van der Waals surface area contributed by atoms with E-state index in [1.807, 2.05) is 6.07 Å². The maximum atomic E-state index is 13.0. The number of alkyl halides is 2. The van der Waals surface area contributed by atoms with Crippen LogP contribution >= 0.6 is 0 Å². The SMILES string of the molecule is C#CCC(=C)NCc1ccc(CN2CC(=O)c3cc(OCC4CC4(F)F)ccc3C2)cc1. The second kappa shape index (κ2) is 9.13. The minimum absolute atomic E-state index is 0.0151. The molecule has 0 bridgehead atoms. The Hall–Kier alpha value is -3.17. The Morgan fingerprint density at radius 2 is 1.94 bits per heavy atom. The number of rotatable bonds is 9. The summed E-state index contributed by atoms with van der Waals surface area (Å²) in [5, 5.41) is 3.21. The minimum atomic E-state index is -2.60. The third-order valence-electron chi connectivity index (χ3n) is 5.84. The van der Waals surface area contributed by atoms with Crippen LogP contribution in [-0.4, -0.2) is 29.8 Å². The van der Waals surface area contributed by atoms with Gasteiger partial charge in [-0.3, -0.25) is 9.69 Å². The number of terminal acetylenes is 1. The van der Waals surface area contributed by atoms with Gasteiger partial charge in [-0.1, -0.05) is 36.9 Å². The molecule has 0 spiro atoms. The van der Waals surface area contributed by atoms with Crippen LogP contribution in [0.4, 0.5) is 8.78 Å². The number of allylic oxidation sites excluding steroid dienone is 1. The summed E-state index contributed by atoms with van der Waals surface area (Å²) in [4.78, 5) is 14.8. The molecule has 4 nitrogen and oxygen atoms in total. The first-order chi connectivity index (χ1) is 15.3. The Balaban J connectivity index is 1.32. The first-order valence-corrected chi connectivity index (χ1v) is 10.7. The molecule has 1 fully saturated rings. The lowest BCUT2D eigenvalue weighted by Crippen LogP contribution is -2.34. The average molecular weight is 437 g/mol. The molecule has 0 saturated heterocycles. The maximum absolute atomic E-state index is 13.0. The largest absolute Gasteiger partial charge is 0.493 e. The van der Waals surface area contributed by atoms with Crippen molar-refractivity contribution in [2.24, 2.45) is 5.92 Å². The monoisotopic (exact) mass is 436 g/mol. The van der Waals surface area contributed by atoms with E-state index in [4.69, 9.17) is 11.2 Å². The van der Waals surface area contributed by atoms with Crippen LogP contribution in [0.2, 0.25) is 0 Å². The third kappa shape index (κ3) is 5.35. The molecule has 2 aromatic rings. The first-order valence-electron chi connectivity index (χ1n) is 10.7. The van der Waals surface area contributed by atoms with Gasteiger partial charge in [-0.25, -0.2) is 8.78 Å². The average Bonchev–Trinajstić information content (AvgIpc) is 3.38. The van der Waals surface area contributed by atoms with Gasteiger partial charge in [0.2, 0.25) is 0 Å². The van der Waals surface area contributed by atoms with Gasteiger partial charge < -0.3 is 10.1 Å². The predicted molar refractivity (Wildman–Crippen MR) is 119 cm³/mol. The van der Waals surface area contributed by atoms with E-state index in [1.165, 1.54) is 0 Å². The van der Waals surface area contributed by atoms with Crippen LogP contribution in [-0.2, 0) is 19.6 Å². The van der Waals surface area contributed by atoms with E-state index in [9.17, 15) is 13.6 Å². The summed E-state index contributed by atoms with van der Waals surface area (Å²) < 4.78 is 31.5. The lowest BCUT2D eigenvalue weighted by Gasteiger charge is -2.28. The van der Waals surface area contributed by atoms with Crippen molar-refractivity contribution < 1.29 is 18.3 Å². The fourth-order valence-corrected chi connectivity index (χ4v) is 3.82. The number of carbonyl (C=O) groups excluding carboxylic acids is 1. The van der Waals surface area contributed by atoms with E-state index in [0.717, 1.165) is 22.4 Å². The van der Waals surface area contributed by atoms with Gasteiger partial charge in [0.05, 0.1) is 19.1 Å². The van der Waals surface area contributed by atoms with Crippen LogP contribution in [0.1, 0.15) is 39.9 Å². The number of hydrogen-bond donors (Lipinski definition) is 1. The molecule has 4 rings (SSSR count). The Morgan fingerprint density at radius 1 is 1.22 bits per heavy atom. The highest BCUT2D eigenvalue weighted by molar-refractivity contribution is 6.00. The van der Waals surface area contributed by atoms with Gasteiger partial charge in [0.15, 0.2) is 5.78 Å². The van der Waals surface area contributed by atoms with Gasteiger partial charge in [-0.05, 0) is 28.8 Å². The van der Waals surface area contributed by atoms with Gasteiger partial charge in [0.1, 0.15) is 5.75 Å². The van der Waals surface area contributed by atoms with Crippen LogP contribution in [0.25, 0.3) is 0 Å². The van der Waals surface area contributed by atoms with Gasteiger partial charge in [-0.15, -0.1) is 12.3 Å². The Morgan fingerprint density at radius 3 is 2.62 bits per heavy atom. The van der Waals surface area contributed by atoms with Crippen LogP contribution < -0.4 is 10.1 Å². The summed E-state index contributed by atoms with van der Waals surface area (Å²) in [5.41, 5.74) is 4.62. The molecule has 32 heavy (non-hydrogen) atoms. The van der Waals surface area contributed by atoms with Crippen molar-refractivity contribution in [2.75, 3.05) is 13.2 Å².